The van der Waals surface area contributed by atoms with Crippen molar-refractivity contribution in [3.63, 3.8) is 0 Å². The lowest BCUT2D eigenvalue weighted by molar-refractivity contribution is 0.156. The highest BCUT2D eigenvalue weighted by molar-refractivity contribution is 5.22. The van der Waals surface area contributed by atoms with E-state index in [1.807, 2.05) is 6.92 Å². The quantitative estimate of drug-likeness (QED) is 0.805. The van der Waals surface area contributed by atoms with Gasteiger partial charge in [-0.25, -0.2) is 8.78 Å². The van der Waals surface area contributed by atoms with Gasteiger partial charge in [0.05, 0.1) is 6.10 Å². The van der Waals surface area contributed by atoms with Gasteiger partial charge < -0.3 is 10.4 Å². The van der Waals surface area contributed by atoms with Gasteiger partial charge in [0.1, 0.15) is 11.6 Å². The Hall–Kier alpha value is -1.00. The van der Waals surface area contributed by atoms with Crippen LogP contribution in [0.3, 0.4) is 0 Å². The molecule has 1 aromatic rings. The molecule has 2 N–H and O–H groups in total. The standard InChI is InChI=1S/C13H19F2NO/c1-3-5-10(17)8-16-9(2)13-11(14)6-4-7-12(13)15/h4,6-7,9-10,16-17H,3,5,8H2,1-2H3. The molecule has 1 rings (SSSR count). The molecule has 4 heteroatoms. The number of aliphatic hydroxyl groups is 1. The largest absolute Gasteiger partial charge is 0.392 e. The summed E-state index contributed by atoms with van der Waals surface area (Å²) in [5.41, 5.74) is 0.0243. The molecule has 17 heavy (non-hydrogen) atoms. The van der Waals surface area contributed by atoms with Crippen molar-refractivity contribution < 1.29 is 13.9 Å². The third kappa shape index (κ3) is 4.06. The van der Waals surface area contributed by atoms with Gasteiger partial charge >= 0.3 is 0 Å². The Morgan fingerprint density at radius 3 is 2.41 bits per heavy atom. The van der Waals surface area contributed by atoms with Crippen molar-refractivity contribution in [2.24, 2.45) is 0 Å². The van der Waals surface area contributed by atoms with Crippen LogP contribution < -0.4 is 5.32 Å². The van der Waals surface area contributed by atoms with Crippen molar-refractivity contribution >= 4 is 0 Å². The van der Waals surface area contributed by atoms with E-state index < -0.39 is 23.8 Å². The maximum atomic E-state index is 13.4. The minimum absolute atomic E-state index is 0.0243. The third-order valence-corrected chi connectivity index (χ3v) is 2.71. The first-order chi connectivity index (χ1) is 8.06. The average Bonchev–Trinajstić information content (AvgIpc) is 2.26. The van der Waals surface area contributed by atoms with Crippen molar-refractivity contribution in [3.8, 4) is 0 Å². The molecule has 2 nitrogen and oxygen atoms in total. The first-order valence-corrected chi connectivity index (χ1v) is 5.91. The molecule has 0 bridgehead atoms. The molecule has 0 saturated carbocycles. The number of rotatable bonds is 6. The zero-order chi connectivity index (χ0) is 12.8. The first kappa shape index (κ1) is 14.1. The summed E-state index contributed by atoms with van der Waals surface area (Å²) in [6, 6.07) is 3.35. The van der Waals surface area contributed by atoms with Crippen molar-refractivity contribution in [1.82, 2.24) is 5.32 Å². The summed E-state index contributed by atoms with van der Waals surface area (Å²) in [5, 5.41) is 12.5. The van der Waals surface area contributed by atoms with Crippen LogP contribution in [0.15, 0.2) is 18.2 Å². The fourth-order valence-electron chi connectivity index (χ4n) is 1.77. The molecule has 2 atom stereocenters. The van der Waals surface area contributed by atoms with Crippen LogP contribution in [0.4, 0.5) is 8.78 Å². The van der Waals surface area contributed by atoms with E-state index in [1.54, 1.807) is 6.92 Å². The van der Waals surface area contributed by atoms with Crippen LogP contribution >= 0.6 is 0 Å². The van der Waals surface area contributed by atoms with Gasteiger partial charge in [-0.3, -0.25) is 0 Å². The molecular weight excluding hydrogens is 224 g/mol. The lowest BCUT2D eigenvalue weighted by atomic mass is 10.1. The van der Waals surface area contributed by atoms with Crippen LogP contribution in [0.1, 0.15) is 38.3 Å². The Morgan fingerprint density at radius 2 is 1.88 bits per heavy atom. The highest BCUT2D eigenvalue weighted by atomic mass is 19.1. The van der Waals surface area contributed by atoms with E-state index in [9.17, 15) is 13.9 Å². The predicted molar refractivity (Wildman–Crippen MR) is 63.7 cm³/mol. The van der Waals surface area contributed by atoms with Crippen molar-refractivity contribution in [3.05, 3.63) is 35.4 Å². The van der Waals surface area contributed by atoms with Crippen molar-refractivity contribution in [2.45, 2.75) is 38.8 Å². The minimum atomic E-state index is -0.560. The number of nitrogens with one attached hydrogen (secondary N) is 1. The molecular formula is C13H19F2NO. The Labute approximate surface area is 101 Å². The Bertz CT molecular complexity index is 337. The monoisotopic (exact) mass is 243 g/mol. The molecule has 0 aliphatic carbocycles. The smallest absolute Gasteiger partial charge is 0.130 e. The van der Waals surface area contributed by atoms with Gasteiger partial charge in [0.15, 0.2) is 0 Å². The third-order valence-electron chi connectivity index (χ3n) is 2.71. The summed E-state index contributed by atoms with van der Waals surface area (Å²) in [7, 11) is 0. The molecule has 0 heterocycles. The van der Waals surface area contributed by atoms with E-state index in [4.69, 9.17) is 0 Å². The molecule has 0 aromatic heterocycles. The van der Waals surface area contributed by atoms with E-state index in [-0.39, 0.29) is 5.56 Å². The topological polar surface area (TPSA) is 32.3 Å². The first-order valence-electron chi connectivity index (χ1n) is 5.91. The van der Waals surface area contributed by atoms with E-state index in [1.165, 1.54) is 18.2 Å². The Morgan fingerprint density at radius 1 is 1.29 bits per heavy atom. The number of halogens is 2. The molecule has 1 aromatic carbocycles. The minimum Gasteiger partial charge on any atom is -0.392 e. The van der Waals surface area contributed by atoms with Crippen molar-refractivity contribution in [1.29, 1.82) is 0 Å². The molecule has 2 unspecified atom stereocenters. The molecule has 0 fully saturated rings. The lowest BCUT2D eigenvalue weighted by Crippen LogP contribution is -2.29. The van der Waals surface area contributed by atoms with Crippen LogP contribution in [-0.2, 0) is 0 Å². The van der Waals surface area contributed by atoms with Crippen LogP contribution in [0.5, 0.6) is 0 Å². The summed E-state index contributed by atoms with van der Waals surface area (Å²) in [4.78, 5) is 0. The molecule has 96 valence electrons. The number of aliphatic hydroxyl groups excluding tert-OH is 1. The molecule has 0 amide bonds. The number of benzene rings is 1. The zero-order valence-corrected chi connectivity index (χ0v) is 10.2. The fourth-order valence-corrected chi connectivity index (χ4v) is 1.77. The number of hydrogen-bond acceptors (Lipinski definition) is 2. The van der Waals surface area contributed by atoms with Gasteiger partial charge in [0.2, 0.25) is 0 Å². The summed E-state index contributed by atoms with van der Waals surface area (Å²) in [6.07, 6.45) is 1.09. The van der Waals surface area contributed by atoms with Gasteiger partial charge in [-0.15, -0.1) is 0 Å². The van der Waals surface area contributed by atoms with E-state index in [0.29, 0.717) is 13.0 Å². The molecule has 0 spiro atoms. The Kier molecular flexibility index (Phi) is 5.51. The second kappa shape index (κ2) is 6.67. The van der Waals surface area contributed by atoms with Crippen LogP contribution in [0, 0.1) is 11.6 Å². The van der Waals surface area contributed by atoms with Gasteiger partial charge in [0.25, 0.3) is 0 Å². The maximum Gasteiger partial charge on any atom is 0.130 e. The van der Waals surface area contributed by atoms with Crippen LogP contribution in [0.25, 0.3) is 0 Å². The summed E-state index contributed by atoms with van der Waals surface area (Å²) >= 11 is 0. The summed E-state index contributed by atoms with van der Waals surface area (Å²) < 4.78 is 26.9. The van der Waals surface area contributed by atoms with Gasteiger partial charge in [-0.05, 0) is 25.5 Å². The zero-order valence-electron chi connectivity index (χ0n) is 10.2. The van der Waals surface area contributed by atoms with Gasteiger partial charge in [-0.1, -0.05) is 19.4 Å². The average molecular weight is 243 g/mol. The highest BCUT2D eigenvalue weighted by Crippen LogP contribution is 2.20. The second-order valence-electron chi connectivity index (χ2n) is 4.21. The van der Waals surface area contributed by atoms with Gasteiger partial charge in [0, 0.05) is 18.2 Å². The maximum absolute atomic E-state index is 13.4. The summed E-state index contributed by atoms with van der Waals surface area (Å²) in [6.45, 7) is 3.99. The van der Waals surface area contributed by atoms with E-state index >= 15 is 0 Å². The second-order valence-corrected chi connectivity index (χ2v) is 4.21. The van der Waals surface area contributed by atoms with E-state index in [2.05, 4.69) is 5.32 Å². The fraction of sp³-hybridized carbons (Fsp3) is 0.538. The highest BCUT2D eigenvalue weighted by Gasteiger charge is 2.16. The Balaban J connectivity index is 2.61. The molecule has 0 aliphatic rings. The van der Waals surface area contributed by atoms with Crippen LogP contribution in [-0.4, -0.2) is 17.8 Å². The van der Waals surface area contributed by atoms with Crippen molar-refractivity contribution in [2.75, 3.05) is 6.54 Å². The summed E-state index contributed by atoms with van der Waals surface area (Å²) in [5.74, 6) is -1.12. The number of hydrogen-bond donors (Lipinski definition) is 2. The van der Waals surface area contributed by atoms with Gasteiger partial charge in [-0.2, -0.15) is 0 Å². The normalized spacial score (nSPS) is 14.6. The SMILES string of the molecule is CCCC(O)CNC(C)c1c(F)cccc1F. The van der Waals surface area contributed by atoms with E-state index in [0.717, 1.165) is 6.42 Å². The molecule has 0 saturated heterocycles. The van der Waals surface area contributed by atoms with Crippen LogP contribution in [0.2, 0.25) is 0 Å². The lowest BCUT2D eigenvalue weighted by Gasteiger charge is -2.18. The molecule has 0 radical (unpaired) electrons. The predicted octanol–water partition coefficient (Wildman–Crippen LogP) is 2.78. The molecule has 0 aliphatic heterocycles.